The molecule has 164 valence electrons. The Labute approximate surface area is 193 Å². The molecule has 2 N–H and O–H groups in total. The van der Waals surface area contributed by atoms with Crippen LogP contribution in [0.4, 0.5) is 0 Å². The van der Waals surface area contributed by atoms with Gasteiger partial charge in [0.2, 0.25) is 5.91 Å². The van der Waals surface area contributed by atoms with Crippen LogP contribution >= 0.6 is 23.2 Å². The fourth-order valence-corrected chi connectivity index (χ4v) is 5.07. The molecule has 0 aliphatic carbocycles. The summed E-state index contributed by atoms with van der Waals surface area (Å²) in [6.45, 7) is 2.63. The fourth-order valence-electron chi connectivity index (χ4n) is 4.75. The molecule has 5 nitrogen and oxygen atoms in total. The van der Waals surface area contributed by atoms with Gasteiger partial charge in [0.25, 0.3) is 5.91 Å². The Morgan fingerprint density at radius 3 is 2.35 bits per heavy atom. The number of carbonyl (C=O) groups excluding carboxylic acids is 2. The minimum absolute atomic E-state index is 0.136. The van der Waals surface area contributed by atoms with Gasteiger partial charge in [-0.05, 0) is 68.5 Å². The number of nitrogens with one attached hydrogen (secondary N) is 2. The highest BCUT2D eigenvalue weighted by atomic mass is 35.5. The second-order valence-electron chi connectivity index (χ2n) is 8.57. The van der Waals surface area contributed by atoms with Crippen LogP contribution in [-0.2, 0) is 11.3 Å². The van der Waals surface area contributed by atoms with E-state index < -0.39 is 6.04 Å². The highest BCUT2D eigenvalue weighted by Crippen LogP contribution is 2.37. The van der Waals surface area contributed by atoms with Gasteiger partial charge in [-0.15, -0.1) is 0 Å². The van der Waals surface area contributed by atoms with E-state index in [4.69, 9.17) is 23.2 Å². The summed E-state index contributed by atoms with van der Waals surface area (Å²) in [5.74, 6) is -0.450. The van der Waals surface area contributed by atoms with Crippen molar-refractivity contribution in [3.8, 4) is 0 Å². The third kappa shape index (κ3) is 5.40. The highest BCUT2D eigenvalue weighted by Gasteiger charge is 2.41. The molecule has 2 aliphatic rings. The number of fused-ring (bicyclic) bond motifs is 2. The fraction of sp³-hybridized carbons (Fsp3) is 0.417. The van der Waals surface area contributed by atoms with Crippen LogP contribution in [0.1, 0.15) is 48.5 Å². The molecule has 2 fully saturated rings. The van der Waals surface area contributed by atoms with Crippen molar-refractivity contribution in [3.63, 3.8) is 0 Å². The summed E-state index contributed by atoms with van der Waals surface area (Å²) >= 11 is 12.0. The third-order valence-electron chi connectivity index (χ3n) is 6.34. The van der Waals surface area contributed by atoms with Gasteiger partial charge >= 0.3 is 0 Å². The van der Waals surface area contributed by atoms with Crippen LogP contribution in [0, 0.1) is 0 Å². The van der Waals surface area contributed by atoms with Crippen molar-refractivity contribution < 1.29 is 9.59 Å². The smallest absolute Gasteiger partial charge is 0.251 e. The quantitative estimate of drug-likeness (QED) is 0.671. The zero-order valence-corrected chi connectivity index (χ0v) is 19.0. The average Bonchev–Trinajstić information content (AvgIpc) is 2.97. The number of halogens is 2. The van der Waals surface area contributed by atoms with E-state index >= 15 is 0 Å². The Hall–Kier alpha value is -2.08. The molecule has 4 atom stereocenters. The number of rotatable bonds is 6. The summed E-state index contributed by atoms with van der Waals surface area (Å²) in [7, 11) is 0. The van der Waals surface area contributed by atoms with E-state index in [9.17, 15) is 9.59 Å². The highest BCUT2D eigenvalue weighted by molar-refractivity contribution is 6.31. The van der Waals surface area contributed by atoms with Crippen LogP contribution in [0.5, 0.6) is 0 Å². The second kappa shape index (κ2) is 9.60. The van der Waals surface area contributed by atoms with Crippen LogP contribution in [0.3, 0.4) is 0 Å². The van der Waals surface area contributed by atoms with E-state index in [0.29, 0.717) is 22.7 Å². The van der Waals surface area contributed by atoms with Crippen molar-refractivity contribution in [1.82, 2.24) is 15.5 Å². The van der Waals surface area contributed by atoms with Crippen molar-refractivity contribution in [1.29, 1.82) is 0 Å². The Morgan fingerprint density at radius 2 is 1.71 bits per heavy atom. The summed E-state index contributed by atoms with van der Waals surface area (Å²) in [6, 6.07) is 15.2. The largest absolute Gasteiger partial charge is 0.351 e. The van der Waals surface area contributed by atoms with Crippen molar-refractivity contribution in [3.05, 3.63) is 69.7 Å². The van der Waals surface area contributed by atoms with Gasteiger partial charge < -0.3 is 10.6 Å². The first-order valence-electron chi connectivity index (χ1n) is 10.8. The van der Waals surface area contributed by atoms with E-state index in [-0.39, 0.29) is 17.9 Å². The number of carbonyl (C=O) groups is 2. The minimum atomic E-state index is -0.615. The number of hydrogen-bond donors (Lipinski definition) is 2. The van der Waals surface area contributed by atoms with E-state index in [2.05, 4.69) is 27.7 Å². The molecule has 4 rings (SSSR count). The molecule has 2 aliphatic heterocycles. The molecular weight excluding hydrogens is 433 g/mol. The zero-order chi connectivity index (χ0) is 22.0. The van der Waals surface area contributed by atoms with Gasteiger partial charge in [-0.3, -0.25) is 14.5 Å². The van der Waals surface area contributed by atoms with Crippen LogP contribution in [0.25, 0.3) is 0 Å². The lowest BCUT2D eigenvalue weighted by molar-refractivity contribution is -0.123. The molecular formula is C24H27Cl2N3O2. The number of amides is 2. The lowest BCUT2D eigenvalue weighted by Gasteiger charge is -2.39. The molecule has 2 amide bonds. The van der Waals surface area contributed by atoms with Crippen molar-refractivity contribution in [2.45, 2.75) is 63.3 Å². The summed E-state index contributed by atoms with van der Waals surface area (Å²) in [4.78, 5) is 27.7. The standard InChI is InChI=1S/C24H27Cl2N3O2/c1-15(27-24(31)17-3-2-4-19(26)11-17)23(30)28-20-12-21-9-10-22(13-20)29(21)14-16-5-7-18(25)8-6-16/h2-8,11,15,20-22H,9-10,12-14H2,1H3,(H,27,31)(H,28,30)/t15-,20-,21+,22-/m1/s1. The minimum Gasteiger partial charge on any atom is -0.351 e. The Bertz CT molecular complexity index is 936. The molecule has 0 unspecified atom stereocenters. The first-order valence-corrected chi connectivity index (χ1v) is 11.5. The van der Waals surface area contributed by atoms with E-state index in [1.54, 1.807) is 31.2 Å². The van der Waals surface area contributed by atoms with Gasteiger partial charge in [-0.1, -0.05) is 41.4 Å². The normalized spacial score (nSPS) is 23.9. The molecule has 2 aromatic carbocycles. The van der Waals surface area contributed by atoms with Gasteiger partial charge in [0.15, 0.2) is 0 Å². The predicted octanol–water partition coefficient (Wildman–Crippen LogP) is 4.42. The Kier molecular flexibility index (Phi) is 6.85. The second-order valence-corrected chi connectivity index (χ2v) is 9.44. The lowest BCUT2D eigenvalue weighted by atomic mass is 9.96. The Balaban J connectivity index is 1.30. The van der Waals surface area contributed by atoms with Crippen LogP contribution < -0.4 is 10.6 Å². The van der Waals surface area contributed by atoms with Crippen molar-refractivity contribution in [2.75, 3.05) is 0 Å². The SMILES string of the molecule is C[C@@H](NC(=O)c1cccc(Cl)c1)C(=O)N[C@H]1C[C@H]2CC[C@@H](C1)N2Cc1ccc(Cl)cc1. The molecule has 0 aromatic heterocycles. The number of hydrogen-bond acceptors (Lipinski definition) is 3. The monoisotopic (exact) mass is 459 g/mol. The molecule has 2 saturated heterocycles. The van der Waals surface area contributed by atoms with Crippen molar-refractivity contribution >= 4 is 35.0 Å². The predicted molar refractivity (Wildman–Crippen MR) is 123 cm³/mol. The van der Waals surface area contributed by atoms with Crippen LogP contribution in [-0.4, -0.2) is 40.9 Å². The number of piperidine rings is 1. The molecule has 0 radical (unpaired) electrons. The summed E-state index contributed by atoms with van der Waals surface area (Å²) in [6.07, 6.45) is 4.19. The summed E-state index contributed by atoms with van der Waals surface area (Å²) < 4.78 is 0. The van der Waals surface area contributed by atoms with Crippen LogP contribution in [0.15, 0.2) is 48.5 Å². The van der Waals surface area contributed by atoms with Gasteiger partial charge in [-0.2, -0.15) is 0 Å². The Morgan fingerprint density at radius 1 is 1.03 bits per heavy atom. The van der Waals surface area contributed by atoms with E-state index in [1.807, 2.05) is 12.1 Å². The van der Waals surface area contributed by atoms with Gasteiger partial charge in [0, 0.05) is 40.3 Å². The summed E-state index contributed by atoms with van der Waals surface area (Å²) in [5, 5.41) is 7.17. The van der Waals surface area contributed by atoms with Gasteiger partial charge in [0.1, 0.15) is 6.04 Å². The number of nitrogens with zero attached hydrogens (tertiary/aromatic N) is 1. The number of benzene rings is 2. The molecule has 2 bridgehead atoms. The zero-order valence-electron chi connectivity index (χ0n) is 17.5. The van der Waals surface area contributed by atoms with Gasteiger partial charge in [-0.25, -0.2) is 0 Å². The maximum atomic E-state index is 12.7. The topological polar surface area (TPSA) is 61.4 Å². The maximum absolute atomic E-state index is 12.7. The lowest BCUT2D eigenvalue weighted by Crippen LogP contribution is -2.53. The first kappa shape index (κ1) is 22.1. The van der Waals surface area contributed by atoms with E-state index in [0.717, 1.165) is 37.3 Å². The molecule has 31 heavy (non-hydrogen) atoms. The van der Waals surface area contributed by atoms with Crippen LogP contribution in [0.2, 0.25) is 10.0 Å². The van der Waals surface area contributed by atoms with Gasteiger partial charge in [0.05, 0.1) is 0 Å². The summed E-state index contributed by atoms with van der Waals surface area (Å²) in [5.41, 5.74) is 1.71. The third-order valence-corrected chi connectivity index (χ3v) is 6.82. The molecule has 2 aromatic rings. The molecule has 0 spiro atoms. The first-order chi connectivity index (χ1) is 14.9. The molecule has 7 heteroatoms. The average molecular weight is 460 g/mol. The maximum Gasteiger partial charge on any atom is 0.251 e. The molecule has 2 heterocycles. The van der Waals surface area contributed by atoms with E-state index in [1.165, 1.54) is 5.56 Å². The van der Waals surface area contributed by atoms with Crippen molar-refractivity contribution in [2.24, 2.45) is 0 Å². The molecule has 0 saturated carbocycles.